The Balaban J connectivity index is 2.71. The maximum Gasteiger partial charge on any atom is 0.406 e. The first-order chi connectivity index (χ1) is 8.70. The van der Waals surface area contributed by atoms with Crippen LogP contribution in [0, 0.1) is 5.41 Å². The van der Waals surface area contributed by atoms with Crippen molar-refractivity contribution in [3.8, 4) is 0 Å². The fraction of sp³-hybridized carbons (Fsp3) is 0.667. The number of carboxylic acids is 1. The summed E-state index contributed by atoms with van der Waals surface area (Å²) >= 11 is 0. The summed E-state index contributed by atoms with van der Waals surface area (Å²) in [5.74, 6) is -1.91. The van der Waals surface area contributed by atoms with Gasteiger partial charge >= 0.3 is 12.1 Å². The Labute approximate surface area is 108 Å². The van der Waals surface area contributed by atoms with Gasteiger partial charge in [0.2, 0.25) is 5.91 Å². The molecular weight excluding hydrogens is 263 g/mol. The lowest BCUT2D eigenvalue weighted by atomic mass is 9.66. The second-order valence-corrected chi connectivity index (χ2v) is 4.79. The van der Waals surface area contributed by atoms with Gasteiger partial charge in [-0.25, -0.2) is 0 Å². The van der Waals surface area contributed by atoms with Crippen molar-refractivity contribution >= 4 is 11.9 Å². The van der Waals surface area contributed by atoms with Crippen LogP contribution in [0.25, 0.3) is 0 Å². The van der Waals surface area contributed by atoms with Crippen molar-refractivity contribution in [2.24, 2.45) is 5.41 Å². The van der Waals surface area contributed by atoms with Gasteiger partial charge in [0.05, 0.1) is 5.41 Å². The number of halogens is 3. The van der Waals surface area contributed by atoms with Crippen molar-refractivity contribution in [3.63, 3.8) is 0 Å². The highest BCUT2D eigenvalue weighted by Crippen LogP contribution is 2.44. The Morgan fingerprint density at radius 3 is 2.26 bits per heavy atom. The molecule has 0 spiro atoms. The molecule has 0 atom stereocenters. The summed E-state index contributed by atoms with van der Waals surface area (Å²) in [7, 11) is 0. The third kappa shape index (κ3) is 3.97. The molecule has 0 bridgehead atoms. The topological polar surface area (TPSA) is 57.6 Å². The molecular formula is C12H16F3NO3. The third-order valence-electron chi connectivity index (χ3n) is 3.33. The van der Waals surface area contributed by atoms with Crippen LogP contribution in [0.4, 0.5) is 13.2 Å². The third-order valence-corrected chi connectivity index (χ3v) is 3.33. The number of aliphatic carboxylic acids is 1. The molecule has 1 aliphatic rings. The van der Waals surface area contributed by atoms with E-state index < -0.39 is 30.0 Å². The van der Waals surface area contributed by atoms with Gasteiger partial charge in [0.15, 0.2) is 0 Å². The molecule has 0 radical (unpaired) electrons. The van der Waals surface area contributed by atoms with E-state index in [1.54, 1.807) is 0 Å². The Kier molecular flexibility index (Phi) is 4.60. The van der Waals surface area contributed by atoms with E-state index in [4.69, 9.17) is 5.11 Å². The number of alkyl halides is 3. The van der Waals surface area contributed by atoms with Gasteiger partial charge in [-0.3, -0.25) is 9.59 Å². The van der Waals surface area contributed by atoms with E-state index in [2.05, 4.69) is 6.58 Å². The zero-order valence-electron chi connectivity index (χ0n) is 10.4. The first-order valence-electron chi connectivity index (χ1n) is 5.89. The number of carboxylic acid groups (broad SMARTS) is 1. The molecule has 4 nitrogen and oxygen atoms in total. The molecule has 0 saturated heterocycles. The van der Waals surface area contributed by atoms with Crippen molar-refractivity contribution in [1.82, 2.24) is 4.90 Å². The van der Waals surface area contributed by atoms with E-state index in [-0.39, 0.29) is 13.0 Å². The minimum absolute atomic E-state index is 0.242. The average molecular weight is 279 g/mol. The van der Waals surface area contributed by atoms with Gasteiger partial charge in [-0.15, -0.1) is 6.58 Å². The maximum absolute atomic E-state index is 12.3. The summed E-state index contributed by atoms with van der Waals surface area (Å²) in [4.78, 5) is 23.5. The van der Waals surface area contributed by atoms with Crippen LogP contribution in [0.3, 0.4) is 0 Å². The van der Waals surface area contributed by atoms with Crippen molar-refractivity contribution in [2.45, 2.75) is 31.9 Å². The fourth-order valence-electron chi connectivity index (χ4n) is 2.10. The number of hydrogen-bond acceptors (Lipinski definition) is 2. The Morgan fingerprint density at radius 2 is 1.95 bits per heavy atom. The van der Waals surface area contributed by atoms with Crippen LogP contribution in [0.1, 0.15) is 25.7 Å². The van der Waals surface area contributed by atoms with Crippen LogP contribution in [0.15, 0.2) is 12.7 Å². The lowest BCUT2D eigenvalue weighted by molar-refractivity contribution is -0.167. The molecule has 1 amide bonds. The number of carbonyl (C=O) groups excluding carboxylic acids is 1. The van der Waals surface area contributed by atoms with E-state index in [0.717, 1.165) is 0 Å². The number of carbonyl (C=O) groups is 2. The number of amides is 1. The molecule has 0 aliphatic heterocycles. The molecule has 19 heavy (non-hydrogen) atoms. The zero-order chi connectivity index (χ0) is 14.7. The zero-order valence-corrected chi connectivity index (χ0v) is 10.4. The Hall–Kier alpha value is -1.53. The second-order valence-electron chi connectivity index (χ2n) is 4.79. The lowest BCUT2D eigenvalue weighted by Gasteiger charge is -2.38. The molecule has 0 aromatic rings. The first kappa shape index (κ1) is 15.5. The van der Waals surface area contributed by atoms with Crippen molar-refractivity contribution in [2.75, 3.05) is 13.1 Å². The smallest absolute Gasteiger partial charge is 0.406 e. The number of rotatable bonds is 6. The van der Waals surface area contributed by atoms with Crippen LogP contribution >= 0.6 is 0 Å². The first-order valence-corrected chi connectivity index (χ1v) is 5.89. The summed E-state index contributed by atoms with van der Waals surface area (Å²) in [5.41, 5.74) is -1.18. The predicted octanol–water partition coefficient (Wildman–Crippen LogP) is 2.21. The normalized spacial score (nSPS) is 17.4. The van der Waals surface area contributed by atoms with Crippen LogP contribution in [-0.4, -0.2) is 41.1 Å². The Bertz CT molecular complexity index is 375. The second kappa shape index (κ2) is 5.63. The van der Waals surface area contributed by atoms with Gasteiger partial charge in [0.25, 0.3) is 0 Å². The highest BCUT2D eigenvalue weighted by Gasteiger charge is 2.47. The van der Waals surface area contributed by atoms with E-state index >= 15 is 0 Å². The monoisotopic (exact) mass is 279 g/mol. The SMILES string of the molecule is C=CCN(CC(F)(F)F)C(=O)CC1(C(=O)O)CCC1. The summed E-state index contributed by atoms with van der Waals surface area (Å²) in [6.45, 7) is 1.68. The van der Waals surface area contributed by atoms with Gasteiger partial charge in [-0.2, -0.15) is 13.2 Å². The van der Waals surface area contributed by atoms with Crippen molar-refractivity contribution < 1.29 is 27.9 Å². The van der Waals surface area contributed by atoms with Gasteiger partial charge in [0.1, 0.15) is 6.54 Å². The molecule has 1 fully saturated rings. The number of hydrogen-bond donors (Lipinski definition) is 1. The molecule has 1 rings (SSSR count). The summed E-state index contributed by atoms with van der Waals surface area (Å²) < 4.78 is 37.0. The van der Waals surface area contributed by atoms with Crippen molar-refractivity contribution in [1.29, 1.82) is 0 Å². The molecule has 7 heteroatoms. The average Bonchev–Trinajstić information content (AvgIpc) is 2.20. The minimum Gasteiger partial charge on any atom is -0.481 e. The fourth-order valence-corrected chi connectivity index (χ4v) is 2.10. The molecule has 1 saturated carbocycles. The molecule has 1 aliphatic carbocycles. The molecule has 0 unspecified atom stereocenters. The quantitative estimate of drug-likeness (QED) is 0.758. The summed E-state index contributed by atoms with van der Waals surface area (Å²) in [5, 5.41) is 9.06. The predicted molar refractivity (Wildman–Crippen MR) is 61.4 cm³/mol. The van der Waals surface area contributed by atoms with E-state index in [1.807, 2.05) is 0 Å². The molecule has 108 valence electrons. The molecule has 0 heterocycles. The van der Waals surface area contributed by atoms with E-state index in [1.165, 1.54) is 6.08 Å². The standard InChI is InChI=1S/C12H16F3NO3/c1-2-6-16(8-12(13,14)15)9(17)7-11(10(18)19)4-3-5-11/h2H,1,3-8H2,(H,18,19). The lowest BCUT2D eigenvalue weighted by Crippen LogP contribution is -2.46. The largest absolute Gasteiger partial charge is 0.481 e. The maximum atomic E-state index is 12.3. The van der Waals surface area contributed by atoms with Crippen LogP contribution in [0.5, 0.6) is 0 Å². The van der Waals surface area contributed by atoms with Crippen LogP contribution in [-0.2, 0) is 9.59 Å². The van der Waals surface area contributed by atoms with E-state index in [9.17, 15) is 22.8 Å². The molecule has 1 N–H and O–H groups in total. The van der Waals surface area contributed by atoms with Gasteiger partial charge < -0.3 is 10.0 Å². The highest BCUT2D eigenvalue weighted by molar-refractivity contribution is 5.85. The van der Waals surface area contributed by atoms with E-state index in [0.29, 0.717) is 24.2 Å². The minimum atomic E-state index is -4.51. The summed E-state index contributed by atoms with van der Waals surface area (Å²) in [6, 6.07) is 0. The number of nitrogens with zero attached hydrogens (tertiary/aromatic N) is 1. The van der Waals surface area contributed by atoms with Gasteiger partial charge in [0, 0.05) is 13.0 Å². The molecule has 0 aromatic carbocycles. The van der Waals surface area contributed by atoms with Gasteiger partial charge in [-0.1, -0.05) is 12.5 Å². The van der Waals surface area contributed by atoms with Crippen LogP contribution < -0.4 is 0 Å². The summed E-state index contributed by atoms with van der Waals surface area (Å²) in [6.07, 6.45) is -2.34. The Morgan fingerprint density at radius 1 is 1.37 bits per heavy atom. The van der Waals surface area contributed by atoms with Crippen molar-refractivity contribution in [3.05, 3.63) is 12.7 Å². The highest BCUT2D eigenvalue weighted by atomic mass is 19.4. The molecule has 0 aromatic heterocycles. The van der Waals surface area contributed by atoms with Crippen LogP contribution in [0.2, 0.25) is 0 Å². The van der Waals surface area contributed by atoms with Gasteiger partial charge in [-0.05, 0) is 12.8 Å².